The van der Waals surface area contributed by atoms with Gasteiger partial charge in [-0.2, -0.15) is 0 Å². The molecule has 10 heteroatoms. The van der Waals surface area contributed by atoms with Crippen LogP contribution in [0.25, 0.3) is 10.8 Å². The van der Waals surface area contributed by atoms with Crippen LogP contribution in [0, 0.1) is 0 Å². The van der Waals surface area contributed by atoms with Crippen molar-refractivity contribution in [2.45, 2.75) is 82.5 Å². The van der Waals surface area contributed by atoms with Gasteiger partial charge in [-0.05, 0) is 74.4 Å². The SMILES string of the molecule is CN(C(=O)C=CCC1(NC(=O)OC(C)(C)C)CCC1)C(Cc1ccc2ccccc2c1)C(=O)N(C)C(Cc1ccccc1)C(=O)N(C)N(C)C. The largest absolute Gasteiger partial charge is 0.444 e. The number of nitrogens with zero attached hydrogens (tertiary/aromatic N) is 4. The van der Waals surface area contributed by atoms with E-state index in [-0.39, 0.29) is 24.1 Å². The summed E-state index contributed by atoms with van der Waals surface area (Å²) in [5, 5.41) is 8.30. The molecule has 50 heavy (non-hydrogen) atoms. The van der Waals surface area contributed by atoms with Crippen molar-refractivity contribution in [2.75, 3.05) is 35.2 Å². The van der Waals surface area contributed by atoms with Crippen molar-refractivity contribution in [3.05, 3.63) is 96.1 Å². The molecule has 0 saturated heterocycles. The maximum Gasteiger partial charge on any atom is 0.408 e. The summed E-state index contributed by atoms with van der Waals surface area (Å²) < 4.78 is 5.48. The van der Waals surface area contributed by atoms with Gasteiger partial charge in [0.15, 0.2) is 0 Å². The minimum absolute atomic E-state index is 0.240. The summed E-state index contributed by atoms with van der Waals surface area (Å²) in [5.74, 6) is -0.928. The number of hydrazine groups is 1. The highest BCUT2D eigenvalue weighted by atomic mass is 16.6. The molecule has 4 amide bonds. The molecule has 10 nitrogen and oxygen atoms in total. The molecule has 0 spiro atoms. The zero-order valence-electron chi connectivity index (χ0n) is 30.8. The molecule has 0 heterocycles. The Balaban J connectivity index is 1.60. The van der Waals surface area contributed by atoms with E-state index >= 15 is 0 Å². The Morgan fingerprint density at radius 2 is 1.38 bits per heavy atom. The number of carbonyl (C=O) groups is 4. The van der Waals surface area contributed by atoms with Gasteiger partial charge in [-0.15, -0.1) is 0 Å². The molecule has 4 rings (SSSR count). The lowest BCUT2D eigenvalue weighted by atomic mass is 9.74. The van der Waals surface area contributed by atoms with Crippen molar-refractivity contribution in [1.29, 1.82) is 0 Å². The average molecular weight is 684 g/mol. The number of likely N-dealkylation sites (N-methyl/N-ethyl adjacent to an activating group) is 3. The van der Waals surface area contributed by atoms with Crippen molar-refractivity contribution in [3.8, 4) is 0 Å². The number of amides is 4. The molecule has 0 radical (unpaired) electrons. The first-order valence-corrected chi connectivity index (χ1v) is 17.3. The van der Waals surface area contributed by atoms with E-state index in [1.807, 2.05) is 93.6 Å². The maximum absolute atomic E-state index is 14.6. The van der Waals surface area contributed by atoms with Gasteiger partial charge in [0.05, 0.1) is 0 Å². The summed E-state index contributed by atoms with van der Waals surface area (Å²) in [5.41, 5.74) is 0.726. The van der Waals surface area contributed by atoms with Crippen LogP contribution in [-0.2, 0) is 32.0 Å². The fourth-order valence-electron chi connectivity index (χ4n) is 6.17. The third-order valence-electron chi connectivity index (χ3n) is 9.48. The van der Waals surface area contributed by atoms with Gasteiger partial charge in [-0.1, -0.05) is 78.9 Å². The number of ether oxygens (including phenoxy) is 1. The van der Waals surface area contributed by atoms with E-state index in [1.165, 1.54) is 20.9 Å². The van der Waals surface area contributed by atoms with Crippen molar-refractivity contribution >= 4 is 34.6 Å². The van der Waals surface area contributed by atoms with Crippen LogP contribution in [0.3, 0.4) is 0 Å². The molecule has 1 N–H and O–H groups in total. The standard InChI is InChI=1S/C40H53N5O5/c1-39(2,3)50-38(49)41-40(24-15-25-40)23-14-20-35(46)43(6)33(28-30-21-22-31-18-12-13-19-32(31)26-30)36(47)44(7)34(37(48)45(8)42(4)5)27-29-16-10-9-11-17-29/h9-14,16-22,26,33-34H,15,23-25,27-28H2,1-8H3,(H,41,49). The first kappa shape index (κ1) is 38.1. The quantitative estimate of drug-likeness (QED) is 0.186. The van der Waals surface area contributed by atoms with E-state index in [9.17, 15) is 19.2 Å². The van der Waals surface area contributed by atoms with E-state index in [1.54, 1.807) is 46.3 Å². The second kappa shape index (κ2) is 16.3. The van der Waals surface area contributed by atoms with Crippen LogP contribution in [0.1, 0.15) is 57.6 Å². The topological polar surface area (TPSA) is 102 Å². The van der Waals surface area contributed by atoms with Gasteiger partial charge >= 0.3 is 6.09 Å². The number of nitrogens with one attached hydrogen (secondary N) is 1. The third-order valence-corrected chi connectivity index (χ3v) is 9.48. The van der Waals surface area contributed by atoms with Gasteiger partial charge in [0.2, 0.25) is 11.8 Å². The molecular weight excluding hydrogens is 630 g/mol. The van der Waals surface area contributed by atoms with Gasteiger partial charge in [0.1, 0.15) is 17.7 Å². The summed E-state index contributed by atoms with van der Waals surface area (Å²) in [6.45, 7) is 5.46. The molecule has 1 aliphatic rings. The Hall–Kier alpha value is -4.70. The normalized spacial score (nSPS) is 15.2. The number of rotatable bonds is 13. The molecule has 1 aliphatic carbocycles. The van der Waals surface area contributed by atoms with Crippen molar-refractivity contribution in [2.24, 2.45) is 0 Å². The molecule has 1 fully saturated rings. The van der Waals surface area contributed by atoms with Crippen LogP contribution >= 0.6 is 0 Å². The van der Waals surface area contributed by atoms with E-state index in [0.29, 0.717) is 12.8 Å². The summed E-state index contributed by atoms with van der Waals surface area (Å²) in [6, 6.07) is 21.9. The van der Waals surface area contributed by atoms with Gasteiger partial charge in [-0.3, -0.25) is 19.4 Å². The number of benzene rings is 3. The number of fused-ring (bicyclic) bond motifs is 1. The van der Waals surface area contributed by atoms with Crippen LogP contribution in [-0.4, -0.2) is 102 Å². The van der Waals surface area contributed by atoms with Crippen LogP contribution in [0.15, 0.2) is 84.9 Å². The molecule has 3 aromatic rings. The number of hydrogen-bond donors (Lipinski definition) is 1. The molecule has 3 aromatic carbocycles. The summed E-state index contributed by atoms with van der Waals surface area (Å²) in [6.07, 6.45) is 6.33. The minimum Gasteiger partial charge on any atom is -0.444 e. The average Bonchev–Trinajstić information content (AvgIpc) is 3.06. The van der Waals surface area contributed by atoms with E-state index in [0.717, 1.165) is 41.2 Å². The fourth-order valence-corrected chi connectivity index (χ4v) is 6.17. The molecule has 2 unspecified atom stereocenters. The van der Waals surface area contributed by atoms with Crippen molar-refractivity contribution in [3.63, 3.8) is 0 Å². The molecule has 268 valence electrons. The second-order valence-corrected chi connectivity index (χ2v) is 14.6. The zero-order valence-corrected chi connectivity index (χ0v) is 30.8. The Morgan fingerprint density at radius 1 is 0.780 bits per heavy atom. The predicted octanol–water partition coefficient (Wildman–Crippen LogP) is 5.61. The third kappa shape index (κ3) is 9.94. The van der Waals surface area contributed by atoms with Crippen LogP contribution in [0.2, 0.25) is 0 Å². The Morgan fingerprint density at radius 3 is 1.98 bits per heavy atom. The lowest BCUT2D eigenvalue weighted by Gasteiger charge is -2.42. The zero-order chi connectivity index (χ0) is 36.6. The summed E-state index contributed by atoms with van der Waals surface area (Å²) in [7, 11) is 8.50. The van der Waals surface area contributed by atoms with Gasteiger partial charge < -0.3 is 19.9 Å². The first-order chi connectivity index (χ1) is 23.6. The molecule has 0 aliphatic heterocycles. The predicted molar refractivity (Wildman–Crippen MR) is 197 cm³/mol. The number of alkyl carbamates (subject to hydrolysis) is 1. The summed E-state index contributed by atoms with van der Waals surface area (Å²) >= 11 is 0. The maximum atomic E-state index is 14.6. The number of carbonyl (C=O) groups excluding carboxylic acids is 4. The van der Waals surface area contributed by atoms with E-state index in [2.05, 4.69) is 5.32 Å². The smallest absolute Gasteiger partial charge is 0.408 e. The Kier molecular flexibility index (Phi) is 12.5. The second-order valence-electron chi connectivity index (χ2n) is 14.6. The van der Waals surface area contributed by atoms with Gasteiger partial charge in [0.25, 0.3) is 5.91 Å². The highest BCUT2D eigenvalue weighted by Crippen LogP contribution is 2.35. The highest BCUT2D eigenvalue weighted by Gasteiger charge is 2.39. The van der Waals surface area contributed by atoms with Gasteiger partial charge in [-0.25, -0.2) is 9.80 Å². The van der Waals surface area contributed by atoms with Crippen molar-refractivity contribution in [1.82, 2.24) is 25.1 Å². The van der Waals surface area contributed by atoms with Crippen LogP contribution < -0.4 is 5.32 Å². The number of hydrogen-bond acceptors (Lipinski definition) is 6. The highest BCUT2D eigenvalue weighted by molar-refractivity contribution is 5.95. The molecule has 1 saturated carbocycles. The fraction of sp³-hybridized carbons (Fsp3) is 0.450. The van der Waals surface area contributed by atoms with Crippen LogP contribution in [0.5, 0.6) is 0 Å². The lowest BCUT2D eigenvalue weighted by Crippen LogP contribution is -2.57. The van der Waals surface area contributed by atoms with Crippen molar-refractivity contribution < 1.29 is 23.9 Å². The molecular formula is C40H53N5O5. The molecule has 0 aromatic heterocycles. The van der Waals surface area contributed by atoms with Gasteiger partial charge in [0, 0.05) is 53.6 Å². The van der Waals surface area contributed by atoms with Crippen LogP contribution in [0.4, 0.5) is 4.79 Å². The minimum atomic E-state index is -0.897. The first-order valence-electron chi connectivity index (χ1n) is 17.3. The monoisotopic (exact) mass is 683 g/mol. The lowest BCUT2D eigenvalue weighted by molar-refractivity contribution is -0.154. The Bertz CT molecular complexity index is 1680. The molecule has 2 atom stereocenters. The van der Waals surface area contributed by atoms with E-state index in [4.69, 9.17) is 4.74 Å². The summed E-state index contributed by atoms with van der Waals surface area (Å²) in [4.78, 5) is 57.7. The molecule has 0 bridgehead atoms. The van der Waals surface area contributed by atoms with E-state index < -0.39 is 29.3 Å². The Labute approximate surface area is 297 Å².